The highest BCUT2D eigenvalue weighted by Crippen LogP contribution is 2.33. The summed E-state index contributed by atoms with van der Waals surface area (Å²) in [7, 11) is -1.23. The molecule has 7 nitrogen and oxygen atoms in total. The van der Waals surface area contributed by atoms with Crippen molar-refractivity contribution in [3.63, 3.8) is 0 Å². The number of aryl methyl sites for hydroxylation is 2. The summed E-state index contributed by atoms with van der Waals surface area (Å²) < 4.78 is 24.6. The lowest BCUT2D eigenvalue weighted by molar-refractivity contribution is 0.201. The van der Waals surface area contributed by atoms with Gasteiger partial charge in [-0.3, -0.25) is 9.88 Å². The highest BCUT2D eigenvalue weighted by Gasteiger charge is 2.26. The van der Waals surface area contributed by atoms with Crippen molar-refractivity contribution in [2.45, 2.75) is 57.7 Å². The summed E-state index contributed by atoms with van der Waals surface area (Å²) in [4.78, 5) is 12.0. The van der Waals surface area contributed by atoms with Gasteiger partial charge in [0.15, 0.2) is 0 Å². The van der Waals surface area contributed by atoms with Crippen LogP contribution in [0.4, 0.5) is 0 Å². The number of sulfonamides is 1. The molecule has 0 spiro atoms. The molecule has 0 saturated carbocycles. The lowest BCUT2D eigenvalue weighted by Gasteiger charge is -2.32. The molecule has 2 aromatic heterocycles. The van der Waals surface area contributed by atoms with Crippen LogP contribution in [0.1, 0.15) is 55.2 Å². The Morgan fingerprint density at radius 2 is 2.00 bits per heavy atom. The van der Waals surface area contributed by atoms with E-state index in [0.29, 0.717) is 12.5 Å². The Kier molecular flexibility index (Phi) is 6.69. The molecule has 0 fully saturated rings. The molecule has 1 aliphatic carbocycles. The van der Waals surface area contributed by atoms with Crippen LogP contribution in [0.3, 0.4) is 0 Å². The number of rotatable bonds is 9. The highest BCUT2D eigenvalue weighted by molar-refractivity contribution is 7.89. The van der Waals surface area contributed by atoms with Gasteiger partial charge in [0.25, 0.3) is 0 Å². The number of hydrogen-bond donors (Lipinski definition) is 1. The van der Waals surface area contributed by atoms with Gasteiger partial charge in [0.2, 0.25) is 10.0 Å². The molecule has 2 heterocycles. The minimum atomic E-state index is -3.39. The van der Waals surface area contributed by atoms with E-state index in [1.165, 1.54) is 17.7 Å². The van der Waals surface area contributed by atoms with Crippen LogP contribution in [-0.2, 0) is 29.5 Å². The van der Waals surface area contributed by atoms with E-state index >= 15 is 0 Å². The van der Waals surface area contributed by atoms with Crippen LogP contribution in [-0.4, -0.2) is 40.7 Å². The molecule has 166 valence electrons. The average Bonchev–Trinajstić information content (AvgIpc) is 3.09. The largest absolute Gasteiger partial charge is 0.327 e. The van der Waals surface area contributed by atoms with Crippen molar-refractivity contribution >= 4 is 21.1 Å². The summed E-state index contributed by atoms with van der Waals surface area (Å²) in [6.45, 7) is 1.56. The first-order valence-electron chi connectivity index (χ1n) is 11.0. The molecule has 3 aromatic rings. The molecule has 4 rings (SSSR count). The monoisotopic (exact) mass is 441 g/mol. The van der Waals surface area contributed by atoms with Gasteiger partial charge in [-0.1, -0.05) is 24.6 Å². The zero-order chi connectivity index (χ0) is 21.8. The van der Waals surface area contributed by atoms with Crippen LogP contribution in [0.15, 0.2) is 42.6 Å². The molecule has 8 heteroatoms. The van der Waals surface area contributed by atoms with Gasteiger partial charge in [-0.25, -0.2) is 18.5 Å². The lowest BCUT2D eigenvalue weighted by atomic mass is 9.91. The van der Waals surface area contributed by atoms with Gasteiger partial charge in [-0.05, 0) is 62.9 Å². The molecule has 1 atom stereocenters. The summed E-state index contributed by atoms with van der Waals surface area (Å²) in [6.07, 6.45) is 7.57. The normalized spacial score (nSPS) is 16.7. The first-order chi connectivity index (χ1) is 14.9. The minimum absolute atomic E-state index is 0.0430. The van der Waals surface area contributed by atoms with Crippen LogP contribution >= 0.6 is 0 Å². The second kappa shape index (κ2) is 9.46. The SMILES string of the molecule is CN(Cc1nc2ccccc2n1CCCCCS(N)(=O)=O)C1CCCc2cccnc21. The zero-order valence-corrected chi connectivity index (χ0v) is 18.9. The quantitative estimate of drug-likeness (QED) is 0.514. The fourth-order valence-electron chi connectivity index (χ4n) is 4.59. The second-order valence-electron chi connectivity index (χ2n) is 8.47. The number of nitrogens with zero attached hydrogens (tertiary/aromatic N) is 4. The molecular weight excluding hydrogens is 410 g/mol. The number of hydrogen-bond acceptors (Lipinski definition) is 5. The van der Waals surface area contributed by atoms with Crippen LogP contribution < -0.4 is 5.14 Å². The Hall–Kier alpha value is -2.29. The number of imidazole rings is 1. The third-order valence-corrected chi connectivity index (χ3v) is 6.99. The molecule has 0 aliphatic heterocycles. The number of unbranched alkanes of at least 4 members (excludes halogenated alkanes) is 2. The number of fused-ring (bicyclic) bond motifs is 2. The summed E-state index contributed by atoms with van der Waals surface area (Å²) >= 11 is 0. The number of pyridine rings is 1. The summed E-state index contributed by atoms with van der Waals surface area (Å²) in [5.74, 6) is 1.08. The standard InChI is InChI=1S/C23H31N5O2S/c1-27(21-13-7-9-18-10-8-14-25-23(18)21)17-22-26-19-11-3-4-12-20(19)28(22)15-5-2-6-16-31(24,29)30/h3-4,8,10-12,14,21H,2,5-7,9,13,15-17H2,1H3,(H2,24,29,30). The van der Waals surface area contributed by atoms with Gasteiger partial charge in [0, 0.05) is 12.7 Å². The minimum Gasteiger partial charge on any atom is -0.327 e. The number of nitrogens with two attached hydrogens (primary N) is 1. The molecule has 0 amide bonds. The van der Waals surface area contributed by atoms with Gasteiger partial charge >= 0.3 is 0 Å². The van der Waals surface area contributed by atoms with Gasteiger partial charge in [-0.15, -0.1) is 0 Å². The van der Waals surface area contributed by atoms with E-state index in [1.807, 2.05) is 30.5 Å². The maximum absolute atomic E-state index is 11.2. The first-order valence-corrected chi connectivity index (χ1v) is 12.7. The fourth-order valence-corrected chi connectivity index (χ4v) is 5.20. The summed E-state index contributed by atoms with van der Waals surface area (Å²) in [6, 6.07) is 12.7. The van der Waals surface area contributed by atoms with Crippen LogP contribution in [0.25, 0.3) is 11.0 Å². The smallest absolute Gasteiger partial charge is 0.209 e. The summed E-state index contributed by atoms with van der Waals surface area (Å²) in [5, 5.41) is 5.12. The highest BCUT2D eigenvalue weighted by atomic mass is 32.2. The molecular formula is C23H31N5O2S. The van der Waals surface area contributed by atoms with E-state index in [1.54, 1.807) is 0 Å². The molecule has 1 unspecified atom stereocenters. The van der Waals surface area contributed by atoms with Crippen molar-refractivity contribution < 1.29 is 8.42 Å². The first kappa shape index (κ1) is 21.9. The van der Waals surface area contributed by atoms with E-state index in [9.17, 15) is 8.42 Å². The molecule has 1 aromatic carbocycles. The average molecular weight is 442 g/mol. The molecule has 0 bridgehead atoms. The van der Waals surface area contributed by atoms with Crippen molar-refractivity contribution in [3.05, 3.63) is 59.7 Å². The second-order valence-corrected chi connectivity index (χ2v) is 10.2. The van der Waals surface area contributed by atoms with Crippen molar-refractivity contribution in [2.24, 2.45) is 5.14 Å². The predicted octanol–water partition coefficient (Wildman–Crippen LogP) is 3.40. The maximum atomic E-state index is 11.2. The van der Waals surface area contributed by atoms with Gasteiger partial charge in [-0.2, -0.15) is 0 Å². The van der Waals surface area contributed by atoms with E-state index in [2.05, 4.69) is 28.6 Å². The summed E-state index contributed by atoms with van der Waals surface area (Å²) in [5.41, 5.74) is 4.67. The van der Waals surface area contributed by atoms with Crippen LogP contribution in [0, 0.1) is 0 Å². The Labute approximate surface area is 184 Å². The van der Waals surface area contributed by atoms with Crippen molar-refractivity contribution in [2.75, 3.05) is 12.8 Å². The zero-order valence-electron chi connectivity index (χ0n) is 18.1. The van der Waals surface area contributed by atoms with Crippen LogP contribution in [0.5, 0.6) is 0 Å². The fraction of sp³-hybridized carbons (Fsp3) is 0.478. The van der Waals surface area contributed by atoms with E-state index in [4.69, 9.17) is 15.1 Å². The molecule has 0 radical (unpaired) electrons. The third kappa shape index (κ3) is 5.31. The van der Waals surface area contributed by atoms with E-state index in [0.717, 1.165) is 55.6 Å². The molecule has 2 N–H and O–H groups in total. The number of aromatic nitrogens is 3. The Balaban J connectivity index is 1.50. The predicted molar refractivity (Wildman–Crippen MR) is 123 cm³/mol. The van der Waals surface area contributed by atoms with E-state index in [-0.39, 0.29) is 5.75 Å². The Bertz CT molecular complexity index is 1140. The number of para-hydroxylation sites is 2. The number of primary sulfonamides is 1. The van der Waals surface area contributed by atoms with Gasteiger partial charge in [0.1, 0.15) is 5.82 Å². The topological polar surface area (TPSA) is 94.1 Å². The molecule has 31 heavy (non-hydrogen) atoms. The molecule has 0 saturated heterocycles. The van der Waals surface area contributed by atoms with E-state index < -0.39 is 10.0 Å². The lowest BCUT2D eigenvalue weighted by Crippen LogP contribution is -2.29. The van der Waals surface area contributed by atoms with Crippen molar-refractivity contribution in [1.29, 1.82) is 0 Å². The van der Waals surface area contributed by atoms with Gasteiger partial charge < -0.3 is 4.57 Å². The van der Waals surface area contributed by atoms with Crippen LogP contribution in [0.2, 0.25) is 0 Å². The number of benzene rings is 1. The van der Waals surface area contributed by atoms with Crippen molar-refractivity contribution in [3.8, 4) is 0 Å². The molecule has 1 aliphatic rings. The van der Waals surface area contributed by atoms with Crippen molar-refractivity contribution in [1.82, 2.24) is 19.4 Å². The Morgan fingerprint density at radius 1 is 1.16 bits per heavy atom. The third-order valence-electron chi connectivity index (χ3n) is 6.13. The Morgan fingerprint density at radius 3 is 2.84 bits per heavy atom. The maximum Gasteiger partial charge on any atom is 0.209 e. The van der Waals surface area contributed by atoms with Gasteiger partial charge in [0.05, 0.1) is 35.1 Å².